The lowest BCUT2D eigenvalue weighted by Crippen LogP contribution is -2.26. The molecule has 0 amide bonds. The van der Waals surface area contributed by atoms with Crippen LogP contribution in [0.3, 0.4) is 0 Å². The van der Waals surface area contributed by atoms with Crippen molar-refractivity contribution in [3.63, 3.8) is 0 Å². The molecule has 104 valence electrons. The highest BCUT2D eigenvalue weighted by molar-refractivity contribution is 4.98. The standard InChI is InChI=1S/C13H25N3O2/c1-4-6-14-12(5-9-18-11-10-17-3)13-15-7-8-16(13)2/h7-8,12,14H,4-6,9-11H2,1-3H3. The number of methoxy groups -OCH3 is 1. The zero-order chi connectivity index (χ0) is 13.2. The maximum atomic E-state index is 5.52. The lowest BCUT2D eigenvalue weighted by atomic mass is 10.2. The SMILES string of the molecule is CCCNC(CCOCCOC)c1nccn1C. The summed E-state index contributed by atoms with van der Waals surface area (Å²) in [6, 6.07) is 0.257. The lowest BCUT2D eigenvalue weighted by Gasteiger charge is -2.18. The van der Waals surface area contributed by atoms with Gasteiger partial charge in [0.25, 0.3) is 0 Å². The van der Waals surface area contributed by atoms with Gasteiger partial charge in [-0.1, -0.05) is 6.92 Å². The molecule has 1 unspecified atom stereocenters. The fourth-order valence-electron chi connectivity index (χ4n) is 1.80. The summed E-state index contributed by atoms with van der Waals surface area (Å²) < 4.78 is 12.5. The molecule has 0 spiro atoms. The Morgan fingerprint density at radius 2 is 2.22 bits per heavy atom. The number of ether oxygens (including phenoxy) is 2. The van der Waals surface area contributed by atoms with Crippen LogP contribution in [-0.2, 0) is 16.5 Å². The van der Waals surface area contributed by atoms with Crippen molar-refractivity contribution >= 4 is 0 Å². The predicted octanol–water partition coefficient (Wildman–Crippen LogP) is 1.51. The maximum absolute atomic E-state index is 5.52. The summed E-state index contributed by atoms with van der Waals surface area (Å²) in [5.41, 5.74) is 0. The van der Waals surface area contributed by atoms with Gasteiger partial charge in [0.15, 0.2) is 0 Å². The monoisotopic (exact) mass is 255 g/mol. The van der Waals surface area contributed by atoms with Crippen LogP contribution in [0.5, 0.6) is 0 Å². The van der Waals surface area contributed by atoms with Crippen molar-refractivity contribution in [1.82, 2.24) is 14.9 Å². The molecule has 18 heavy (non-hydrogen) atoms. The Morgan fingerprint density at radius 3 is 2.83 bits per heavy atom. The Hall–Kier alpha value is -0.910. The molecule has 0 aliphatic carbocycles. The summed E-state index contributed by atoms with van der Waals surface area (Å²) in [4.78, 5) is 4.40. The van der Waals surface area contributed by atoms with Crippen LogP contribution in [0, 0.1) is 0 Å². The molecule has 1 aromatic heterocycles. The smallest absolute Gasteiger partial charge is 0.125 e. The molecule has 0 aromatic carbocycles. The maximum Gasteiger partial charge on any atom is 0.125 e. The Balaban J connectivity index is 2.39. The van der Waals surface area contributed by atoms with E-state index in [1.54, 1.807) is 7.11 Å². The number of aromatic nitrogens is 2. The summed E-state index contributed by atoms with van der Waals surface area (Å²) in [6.45, 7) is 5.18. The van der Waals surface area contributed by atoms with Crippen molar-refractivity contribution in [1.29, 1.82) is 0 Å². The molecule has 1 atom stereocenters. The molecule has 1 heterocycles. The molecule has 0 radical (unpaired) electrons. The van der Waals surface area contributed by atoms with Gasteiger partial charge >= 0.3 is 0 Å². The van der Waals surface area contributed by atoms with E-state index in [1.165, 1.54) is 0 Å². The van der Waals surface area contributed by atoms with Gasteiger partial charge in [0.05, 0.1) is 19.3 Å². The highest BCUT2D eigenvalue weighted by Crippen LogP contribution is 2.14. The first-order chi connectivity index (χ1) is 8.79. The summed E-state index contributed by atoms with van der Waals surface area (Å²) >= 11 is 0. The second kappa shape index (κ2) is 9.08. The van der Waals surface area contributed by atoms with Crippen LogP contribution >= 0.6 is 0 Å². The first-order valence-electron chi connectivity index (χ1n) is 6.56. The topological polar surface area (TPSA) is 48.3 Å². The van der Waals surface area contributed by atoms with E-state index in [1.807, 2.05) is 19.4 Å². The van der Waals surface area contributed by atoms with Gasteiger partial charge in [-0.05, 0) is 19.4 Å². The minimum Gasteiger partial charge on any atom is -0.382 e. The van der Waals surface area contributed by atoms with Crippen LogP contribution in [0.15, 0.2) is 12.4 Å². The van der Waals surface area contributed by atoms with Gasteiger partial charge in [-0.2, -0.15) is 0 Å². The number of imidazole rings is 1. The van der Waals surface area contributed by atoms with Gasteiger partial charge in [0, 0.05) is 33.2 Å². The van der Waals surface area contributed by atoms with Gasteiger partial charge in [0.2, 0.25) is 0 Å². The summed E-state index contributed by atoms with van der Waals surface area (Å²) in [5.74, 6) is 1.07. The van der Waals surface area contributed by atoms with Crippen LogP contribution in [-0.4, -0.2) is 43.0 Å². The highest BCUT2D eigenvalue weighted by atomic mass is 16.5. The third-order valence-corrected chi connectivity index (χ3v) is 2.79. The average Bonchev–Trinajstić information content (AvgIpc) is 2.79. The van der Waals surface area contributed by atoms with Gasteiger partial charge in [-0.25, -0.2) is 4.98 Å². The van der Waals surface area contributed by atoms with E-state index in [9.17, 15) is 0 Å². The van der Waals surface area contributed by atoms with Crippen LogP contribution in [0.2, 0.25) is 0 Å². The van der Waals surface area contributed by atoms with E-state index >= 15 is 0 Å². The Morgan fingerprint density at radius 1 is 1.39 bits per heavy atom. The molecule has 0 saturated carbocycles. The molecule has 0 fully saturated rings. The number of hydrogen-bond acceptors (Lipinski definition) is 4. The summed E-state index contributed by atoms with van der Waals surface area (Å²) in [6.07, 6.45) is 5.85. The third-order valence-electron chi connectivity index (χ3n) is 2.79. The normalized spacial score (nSPS) is 12.8. The third kappa shape index (κ3) is 5.16. The molecule has 5 heteroatoms. The van der Waals surface area contributed by atoms with Crippen molar-refractivity contribution in [2.75, 3.05) is 33.5 Å². The van der Waals surface area contributed by atoms with Crippen molar-refractivity contribution in [3.8, 4) is 0 Å². The second-order valence-electron chi connectivity index (χ2n) is 4.30. The highest BCUT2D eigenvalue weighted by Gasteiger charge is 2.14. The molecular weight excluding hydrogens is 230 g/mol. The van der Waals surface area contributed by atoms with Crippen LogP contribution in [0.4, 0.5) is 0 Å². The van der Waals surface area contributed by atoms with Crippen molar-refractivity contribution < 1.29 is 9.47 Å². The second-order valence-corrected chi connectivity index (χ2v) is 4.30. The van der Waals surface area contributed by atoms with Crippen molar-refractivity contribution in [2.24, 2.45) is 7.05 Å². The quantitative estimate of drug-likeness (QED) is 0.644. The van der Waals surface area contributed by atoms with E-state index < -0.39 is 0 Å². The Kier molecular flexibility index (Phi) is 7.64. The fraction of sp³-hybridized carbons (Fsp3) is 0.769. The predicted molar refractivity (Wildman–Crippen MR) is 71.6 cm³/mol. The van der Waals surface area contributed by atoms with E-state index in [2.05, 4.69) is 21.8 Å². The lowest BCUT2D eigenvalue weighted by molar-refractivity contribution is 0.0653. The number of aryl methyl sites for hydroxylation is 1. The van der Waals surface area contributed by atoms with Crippen LogP contribution < -0.4 is 5.32 Å². The largest absolute Gasteiger partial charge is 0.382 e. The van der Waals surface area contributed by atoms with Gasteiger partial charge in [0.1, 0.15) is 5.82 Å². The number of nitrogens with zero attached hydrogens (tertiary/aromatic N) is 2. The van der Waals surface area contributed by atoms with E-state index in [0.29, 0.717) is 13.2 Å². The summed E-state index contributed by atoms with van der Waals surface area (Å²) in [7, 11) is 3.71. The number of nitrogens with one attached hydrogen (secondary N) is 1. The molecule has 1 rings (SSSR count). The fourth-order valence-corrected chi connectivity index (χ4v) is 1.80. The zero-order valence-corrected chi connectivity index (χ0v) is 11.7. The zero-order valence-electron chi connectivity index (χ0n) is 11.7. The van der Waals surface area contributed by atoms with E-state index in [0.717, 1.165) is 31.8 Å². The minimum atomic E-state index is 0.257. The molecule has 1 N–H and O–H groups in total. The van der Waals surface area contributed by atoms with E-state index in [-0.39, 0.29) is 6.04 Å². The minimum absolute atomic E-state index is 0.257. The molecule has 0 aliphatic heterocycles. The molecule has 0 aliphatic rings. The average molecular weight is 255 g/mol. The first-order valence-corrected chi connectivity index (χ1v) is 6.56. The molecule has 1 aromatic rings. The Labute approximate surface area is 109 Å². The van der Waals surface area contributed by atoms with E-state index in [4.69, 9.17) is 9.47 Å². The number of hydrogen-bond donors (Lipinski definition) is 1. The van der Waals surface area contributed by atoms with Crippen molar-refractivity contribution in [2.45, 2.75) is 25.8 Å². The molecular formula is C13H25N3O2. The van der Waals surface area contributed by atoms with Crippen LogP contribution in [0.25, 0.3) is 0 Å². The van der Waals surface area contributed by atoms with Crippen molar-refractivity contribution in [3.05, 3.63) is 18.2 Å². The van der Waals surface area contributed by atoms with Gasteiger partial charge in [-0.15, -0.1) is 0 Å². The summed E-state index contributed by atoms with van der Waals surface area (Å²) in [5, 5.41) is 3.51. The molecule has 0 bridgehead atoms. The molecule has 5 nitrogen and oxygen atoms in total. The van der Waals surface area contributed by atoms with Gasteiger partial charge < -0.3 is 19.4 Å². The van der Waals surface area contributed by atoms with Crippen LogP contribution in [0.1, 0.15) is 31.6 Å². The molecule has 0 saturated heterocycles. The number of rotatable bonds is 10. The first kappa shape index (κ1) is 15.1. The van der Waals surface area contributed by atoms with Gasteiger partial charge in [-0.3, -0.25) is 0 Å². The Bertz CT molecular complexity index is 315.